The number of rotatable bonds is 6. The third kappa shape index (κ3) is 5.34. The number of nitrogens with zero attached hydrogens (tertiary/aromatic N) is 1. The monoisotopic (exact) mass is 374 g/mol. The maximum atomic E-state index is 13.1. The molecule has 1 aromatic heterocycles. The van der Waals surface area contributed by atoms with Crippen molar-refractivity contribution in [2.75, 3.05) is 6.54 Å². The minimum Gasteiger partial charge on any atom is -0.444 e. The van der Waals surface area contributed by atoms with Gasteiger partial charge >= 0.3 is 6.09 Å². The first kappa shape index (κ1) is 21.0. The van der Waals surface area contributed by atoms with Gasteiger partial charge < -0.3 is 10.1 Å². The summed E-state index contributed by atoms with van der Waals surface area (Å²) in [6, 6.07) is 7.91. The van der Waals surface area contributed by atoms with Crippen molar-refractivity contribution in [2.24, 2.45) is 5.41 Å². The molecule has 0 aliphatic rings. The van der Waals surface area contributed by atoms with Crippen molar-refractivity contribution < 1.29 is 15.8 Å². The summed E-state index contributed by atoms with van der Waals surface area (Å²) in [6.45, 7) is 12.1. The Hall–Kier alpha value is -2.30. The van der Waals surface area contributed by atoms with Crippen LogP contribution in [0.25, 0.3) is 10.9 Å². The van der Waals surface area contributed by atoms with Crippen LogP contribution in [0.5, 0.6) is 0 Å². The average Bonchev–Trinajstić information content (AvgIpc) is 2.91. The van der Waals surface area contributed by atoms with Crippen LogP contribution in [0, 0.1) is 5.41 Å². The predicted octanol–water partition coefficient (Wildman–Crippen LogP) is 5.42. The fourth-order valence-corrected chi connectivity index (χ4v) is 3.29. The number of benzene rings is 1. The van der Waals surface area contributed by atoms with E-state index >= 15 is 0 Å². The van der Waals surface area contributed by atoms with Crippen LogP contribution in [-0.2, 0) is 11.2 Å². The predicted molar refractivity (Wildman–Crippen MR) is 111 cm³/mol. The summed E-state index contributed by atoms with van der Waals surface area (Å²) < 4.78 is 7.04. The summed E-state index contributed by atoms with van der Waals surface area (Å²) in [5, 5.41) is 3.83. The maximum Gasteiger partial charge on any atom is 0.407 e. The summed E-state index contributed by atoms with van der Waals surface area (Å²) in [6.07, 6.45) is 3.93. The zero-order valence-electron chi connectivity index (χ0n) is 17.4. The van der Waals surface area contributed by atoms with Crippen molar-refractivity contribution in [3.05, 3.63) is 36.0 Å². The van der Waals surface area contributed by atoms with Crippen molar-refractivity contribution in [2.45, 2.75) is 66.4 Å². The number of carbonyl (C=O) groups is 2. The van der Waals surface area contributed by atoms with Crippen molar-refractivity contribution in [3.8, 4) is 0 Å². The highest BCUT2D eigenvalue weighted by Crippen LogP contribution is 2.29. The van der Waals surface area contributed by atoms with E-state index in [0.29, 0.717) is 13.0 Å². The van der Waals surface area contributed by atoms with E-state index in [1.165, 1.54) is 0 Å². The third-order valence-corrected chi connectivity index (χ3v) is 4.53. The Kier molecular flexibility index (Phi) is 6.34. The molecule has 0 radical (unpaired) electrons. The summed E-state index contributed by atoms with van der Waals surface area (Å²) in [5.41, 5.74) is 1.03. The molecule has 5 heteroatoms. The molecular formula is C22H34N2O3. The van der Waals surface area contributed by atoms with E-state index in [2.05, 4.69) is 12.2 Å². The number of hydrogen-bond acceptors (Lipinski definition) is 3. The lowest BCUT2D eigenvalue weighted by atomic mass is 9.87. The molecule has 0 fully saturated rings. The molecule has 0 unspecified atom stereocenters. The molecule has 2 rings (SSSR count). The summed E-state index contributed by atoms with van der Waals surface area (Å²) in [4.78, 5) is 24.9. The van der Waals surface area contributed by atoms with Gasteiger partial charge in [-0.15, -0.1) is 0 Å². The molecule has 1 heterocycles. The van der Waals surface area contributed by atoms with Gasteiger partial charge in [-0.05, 0) is 45.2 Å². The first-order valence-corrected chi connectivity index (χ1v) is 9.66. The minimum atomic E-state index is -0.516. The van der Waals surface area contributed by atoms with E-state index < -0.39 is 17.1 Å². The lowest BCUT2D eigenvalue weighted by Crippen LogP contribution is -2.33. The number of hydrogen-bond donors (Lipinski definition) is 1. The first-order valence-electron chi connectivity index (χ1n) is 9.66. The maximum absolute atomic E-state index is 13.1. The van der Waals surface area contributed by atoms with Crippen LogP contribution in [0.15, 0.2) is 30.5 Å². The number of aromatic nitrogens is 1. The average molecular weight is 375 g/mol. The van der Waals surface area contributed by atoms with Crippen LogP contribution in [0.2, 0.25) is 0 Å². The molecule has 0 spiro atoms. The Morgan fingerprint density at radius 3 is 2.44 bits per heavy atom. The Morgan fingerprint density at radius 2 is 1.81 bits per heavy atom. The number of nitrogens with one attached hydrogen (secondary N) is 1. The topological polar surface area (TPSA) is 60.3 Å². The fourth-order valence-electron chi connectivity index (χ4n) is 3.29. The lowest BCUT2D eigenvalue weighted by molar-refractivity contribution is 0.0528. The highest BCUT2D eigenvalue weighted by molar-refractivity contribution is 5.96. The second-order valence-electron chi connectivity index (χ2n) is 8.66. The molecule has 1 aromatic carbocycles. The van der Waals surface area contributed by atoms with Crippen LogP contribution in [-0.4, -0.2) is 28.7 Å². The van der Waals surface area contributed by atoms with Crippen LogP contribution >= 0.6 is 0 Å². The Labute approximate surface area is 163 Å². The second kappa shape index (κ2) is 8.15. The summed E-state index contributed by atoms with van der Waals surface area (Å²) in [7, 11) is 0. The molecule has 5 nitrogen and oxygen atoms in total. The smallest absolute Gasteiger partial charge is 0.407 e. The zero-order valence-corrected chi connectivity index (χ0v) is 17.4. The number of para-hydroxylation sites is 1. The van der Waals surface area contributed by atoms with Gasteiger partial charge in [0.2, 0.25) is 5.91 Å². The number of fused-ring (bicyclic) bond motifs is 1. The van der Waals surface area contributed by atoms with Gasteiger partial charge in [-0.25, -0.2) is 4.79 Å². The van der Waals surface area contributed by atoms with Gasteiger partial charge in [0.15, 0.2) is 0 Å². The molecule has 0 saturated carbocycles. The van der Waals surface area contributed by atoms with Gasteiger partial charge in [0.1, 0.15) is 5.60 Å². The Bertz CT molecular complexity index is 819. The van der Waals surface area contributed by atoms with Gasteiger partial charge in [0.05, 0.1) is 5.52 Å². The Morgan fingerprint density at radius 1 is 1.15 bits per heavy atom. The van der Waals surface area contributed by atoms with Gasteiger partial charge in [-0.3, -0.25) is 9.36 Å². The van der Waals surface area contributed by atoms with Crippen molar-refractivity contribution >= 4 is 22.9 Å². The molecule has 150 valence electrons. The van der Waals surface area contributed by atoms with Crippen molar-refractivity contribution in [1.82, 2.24) is 9.88 Å². The largest absolute Gasteiger partial charge is 0.444 e. The molecule has 0 atom stereocenters. The molecule has 0 aliphatic heterocycles. The van der Waals surface area contributed by atoms with E-state index in [0.717, 1.165) is 29.3 Å². The van der Waals surface area contributed by atoms with Crippen molar-refractivity contribution in [3.63, 3.8) is 0 Å². The van der Waals surface area contributed by atoms with Gasteiger partial charge in [-0.1, -0.05) is 45.4 Å². The third-order valence-electron chi connectivity index (χ3n) is 4.53. The number of amides is 1. The molecule has 27 heavy (non-hydrogen) atoms. The zero-order chi connectivity index (χ0) is 20.2. The van der Waals surface area contributed by atoms with E-state index in [1.807, 2.05) is 65.1 Å². The lowest BCUT2D eigenvalue weighted by Gasteiger charge is -2.23. The highest BCUT2D eigenvalue weighted by atomic mass is 16.6. The summed E-state index contributed by atoms with van der Waals surface area (Å²) in [5.74, 6) is 0.104. The van der Waals surface area contributed by atoms with Crippen LogP contribution < -0.4 is 5.32 Å². The number of ether oxygens (including phenoxy) is 1. The Balaban J connectivity index is 0.00000392. The minimum absolute atomic E-state index is 0. The second-order valence-corrected chi connectivity index (χ2v) is 8.66. The van der Waals surface area contributed by atoms with Gasteiger partial charge in [0, 0.05) is 25.0 Å². The van der Waals surface area contributed by atoms with Crippen LogP contribution in [0.4, 0.5) is 4.79 Å². The fraction of sp³-hybridized carbons (Fsp3) is 0.545. The first-order chi connectivity index (χ1) is 12.5. The molecular weight excluding hydrogens is 340 g/mol. The standard InChI is InChI=1S/C22H32N2O3.H2/c1-7-13-22(5,6)19(25)24-15-16(17-10-8-9-11-18(17)24)12-14-23-20(26)27-21(2,3)4;/h8-11,15H,7,12-14H2,1-6H3,(H,23,26);1H. The molecule has 1 amide bonds. The van der Waals surface area contributed by atoms with E-state index in [4.69, 9.17) is 4.74 Å². The molecule has 1 N–H and O–H groups in total. The van der Waals surface area contributed by atoms with Crippen molar-refractivity contribution in [1.29, 1.82) is 0 Å². The molecule has 0 aliphatic carbocycles. The van der Waals surface area contributed by atoms with Gasteiger partial charge in [0.25, 0.3) is 0 Å². The van der Waals surface area contributed by atoms with Crippen LogP contribution in [0.3, 0.4) is 0 Å². The molecule has 0 saturated heterocycles. The quantitative estimate of drug-likeness (QED) is 0.734. The highest BCUT2D eigenvalue weighted by Gasteiger charge is 2.29. The SMILES string of the molecule is CCCC(C)(C)C(=O)n1cc(CCNC(=O)OC(C)(C)C)c2ccccc21.[HH]. The van der Waals surface area contributed by atoms with E-state index in [1.54, 1.807) is 4.57 Å². The normalized spacial score (nSPS) is 12.2. The van der Waals surface area contributed by atoms with E-state index in [-0.39, 0.29) is 7.33 Å². The van der Waals surface area contributed by atoms with Gasteiger partial charge in [-0.2, -0.15) is 0 Å². The number of alkyl carbamates (subject to hydrolysis) is 1. The molecule has 0 bridgehead atoms. The summed E-state index contributed by atoms with van der Waals surface area (Å²) >= 11 is 0. The van der Waals surface area contributed by atoms with Crippen LogP contribution in [0.1, 0.15) is 66.2 Å². The van der Waals surface area contributed by atoms with E-state index in [9.17, 15) is 9.59 Å². The molecule has 2 aromatic rings. The number of carbonyl (C=O) groups excluding carboxylic acids is 2.